The van der Waals surface area contributed by atoms with Gasteiger partial charge in [0.1, 0.15) is 23.7 Å². The maximum absolute atomic E-state index is 13.6. The third-order valence-corrected chi connectivity index (χ3v) is 6.79. The fourth-order valence-corrected chi connectivity index (χ4v) is 4.81. The Hall–Kier alpha value is -2.98. The van der Waals surface area contributed by atoms with Crippen LogP contribution in [-0.4, -0.2) is 42.7 Å². The van der Waals surface area contributed by atoms with E-state index in [1.807, 2.05) is 29.0 Å². The topological polar surface area (TPSA) is 90.1 Å². The van der Waals surface area contributed by atoms with Gasteiger partial charge in [0, 0.05) is 60.4 Å². The number of benzene rings is 2. The molecule has 5 rings (SSSR count). The Morgan fingerprint density at radius 2 is 2.03 bits per heavy atom. The lowest BCUT2D eigenvalue weighted by atomic mass is 10.1. The van der Waals surface area contributed by atoms with Crippen molar-refractivity contribution in [2.24, 2.45) is 0 Å². The van der Waals surface area contributed by atoms with E-state index >= 15 is 0 Å². The second kappa shape index (κ2) is 9.11. The molecule has 1 aliphatic heterocycles. The van der Waals surface area contributed by atoms with Gasteiger partial charge in [-0.05, 0) is 36.4 Å². The van der Waals surface area contributed by atoms with Gasteiger partial charge < -0.3 is 13.9 Å². The molecule has 0 unspecified atom stereocenters. The van der Waals surface area contributed by atoms with Crippen molar-refractivity contribution in [2.75, 3.05) is 13.2 Å². The van der Waals surface area contributed by atoms with Crippen LogP contribution < -0.4 is 4.74 Å². The van der Waals surface area contributed by atoms with Crippen molar-refractivity contribution in [3.63, 3.8) is 0 Å². The van der Waals surface area contributed by atoms with Crippen molar-refractivity contribution in [3.05, 3.63) is 77.0 Å². The van der Waals surface area contributed by atoms with Crippen LogP contribution in [0.4, 0.5) is 4.39 Å². The van der Waals surface area contributed by atoms with Crippen LogP contribution in [0.1, 0.15) is 11.1 Å². The first-order chi connectivity index (χ1) is 16.0. The molecule has 4 aromatic rings. The average molecular weight is 486 g/mol. The second-order valence-corrected chi connectivity index (χ2v) is 9.66. The van der Waals surface area contributed by atoms with Gasteiger partial charge in [-0.25, -0.2) is 15.6 Å². The molecule has 10 heteroatoms. The molecular weight excluding hydrogens is 465 g/mol. The van der Waals surface area contributed by atoms with Gasteiger partial charge in [-0.15, -0.1) is 0 Å². The summed E-state index contributed by atoms with van der Waals surface area (Å²) in [5.74, 6) is 0.396. The monoisotopic (exact) mass is 485 g/mol. The highest BCUT2D eigenvalue weighted by Crippen LogP contribution is 2.35. The first-order valence-corrected chi connectivity index (χ1v) is 12.2. The number of rotatable bonds is 5. The molecule has 0 aliphatic carbocycles. The molecule has 0 radical (unpaired) electrons. The summed E-state index contributed by atoms with van der Waals surface area (Å²) >= 11 is 4.25. The summed E-state index contributed by atoms with van der Waals surface area (Å²) in [5.41, 5.74) is 4.47. The van der Waals surface area contributed by atoms with Crippen LogP contribution in [0, 0.1) is 11.2 Å². The minimum Gasteiger partial charge on any atom is -0.677 e. The maximum atomic E-state index is 13.6. The molecule has 0 saturated carbocycles. The predicted molar refractivity (Wildman–Crippen MR) is 128 cm³/mol. The summed E-state index contributed by atoms with van der Waals surface area (Å²) in [4.78, 5) is 10.5. The van der Waals surface area contributed by atoms with Crippen LogP contribution in [0.25, 0.3) is 16.6 Å². The molecule has 7 nitrogen and oxygen atoms in total. The molecule has 1 aliphatic rings. The van der Waals surface area contributed by atoms with E-state index in [0.717, 1.165) is 33.3 Å². The van der Waals surface area contributed by atoms with Crippen molar-refractivity contribution in [1.82, 2.24) is 19.4 Å². The maximum Gasteiger partial charge on any atom is 0.267 e. The van der Waals surface area contributed by atoms with Gasteiger partial charge in [-0.3, -0.25) is 10.3 Å². The zero-order chi connectivity index (χ0) is 22.9. The Kier molecular flexibility index (Phi) is 6.03. The summed E-state index contributed by atoms with van der Waals surface area (Å²) in [5, 5.41) is 8.65. The molecule has 33 heavy (non-hydrogen) atoms. The molecule has 0 amide bonds. The van der Waals surface area contributed by atoms with Crippen molar-refractivity contribution < 1.29 is 13.7 Å². The van der Waals surface area contributed by atoms with Gasteiger partial charge in [0.2, 0.25) is 0 Å². The van der Waals surface area contributed by atoms with E-state index < -0.39 is 11.2 Å². The van der Waals surface area contributed by atoms with Crippen LogP contribution in [0.3, 0.4) is 0 Å². The summed E-state index contributed by atoms with van der Waals surface area (Å²) in [6, 6.07) is 10.5. The van der Waals surface area contributed by atoms with E-state index in [2.05, 4.69) is 14.9 Å². The number of ether oxygens (including phenoxy) is 1. The summed E-state index contributed by atoms with van der Waals surface area (Å²) < 4.78 is 33.3. The fourth-order valence-electron chi connectivity index (χ4n) is 4.01. The number of hydrogen-bond donors (Lipinski definition) is 1. The number of halogens is 2. The molecule has 0 fully saturated rings. The van der Waals surface area contributed by atoms with Gasteiger partial charge in [0.05, 0.1) is 10.5 Å². The fraction of sp³-hybridized carbons (Fsp3) is 0.174. The highest BCUT2D eigenvalue weighted by Gasteiger charge is 2.20. The molecular formula is C23H21ClFN5O2S. The molecule has 170 valence electrons. The quantitative estimate of drug-likeness (QED) is 0.201. The lowest BCUT2D eigenvalue weighted by molar-refractivity contribution is 0.219. The van der Waals surface area contributed by atoms with Crippen LogP contribution in [0.15, 0.2) is 60.1 Å². The first kappa shape index (κ1) is 21.8. The summed E-state index contributed by atoms with van der Waals surface area (Å²) in [6.07, 6.45) is 5.20. The SMILES string of the molecule is N=C[SH2+]([O-])c1ncc(CN2CCOc3c(Cl)cc(-n4ccc5cc(F)ccc54)cc3C2)cn1. The molecule has 2 aromatic heterocycles. The van der Waals surface area contributed by atoms with Gasteiger partial charge in [0.25, 0.3) is 5.16 Å². The summed E-state index contributed by atoms with van der Waals surface area (Å²) in [6.45, 7) is 2.36. The standard InChI is InChI=1S/C23H21ClFN5O2S/c24-20-9-19(30-4-3-16-7-18(25)1-2-21(16)30)8-17-13-29(5-6-32-22(17)20)12-15-10-27-23(28-11-15)33(31)14-26/h1-4,7-11,14,26H,5-6,12-13,33H2. The Balaban J connectivity index is 1.43. The van der Waals surface area contributed by atoms with Gasteiger partial charge >= 0.3 is 0 Å². The van der Waals surface area contributed by atoms with Gasteiger partial charge in [0.15, 0.2) is 0 Å². The number of hydrogen-bond acceptors (Lipinski definition) is 6. The first-order valence-electron chi connectivity index (χ1n) is 10.3. The minimum atomic E-state index is -2.35. The van der Waals surface area contributed by atoms with Crippen LogP contribution >= 0.6 is 11.6 Å². The highest BCUT2D eigenvalue weighted by atomic mass is 35.5. The number of fused-ring (bicyclic) bond motifs is 2. The lowest BCUT2D eigenvalue weighted by Gasteiger charge is -2.20. The Labute approximate surface area is 197 Å². The zero-order valence-electron chi connectivity index (χ0n) is 17.5. The lowest BCUT2D eigenvalue weighted by Crippen LogP contribution is -2.25. The van der Waals surface area contributed by atoms with Gasteiger partial charge in [-0.2, -0.15) is 9.97 Å². The van der Waals surface area contributed by atoms with E-state index in [9.17, 15) is 8.94 Å². The van der Waals surface area contributed by atoms with E-state index in [1.165, 1.54) is 12.1 Å². The third kappa shape index (κ3) is 4.45. The van der Waals surface area contributed by atoms with Crippen molar-refractivity contribution in [1.29, 1.82) is 5.41 Å². The molecule has 0 saturated heterocycles. The van der Waals surface area contributed by atoms with E-state index in [4.69, 9.17) is 21.7 Å². The van der Waals surface area contributed by atoms with E-state index in [1.54, 1.807) is 18.5 Å². The third-order valence-electron chi connectivity index (χ3n) is 5.55. The molecule has 2 aromatic carbocycles. The minimum absolute atomic E-state index is 0.193. The Morgan fingerprint density at radius 3 is 2.82 bits per heavy atom. The largest absolute Gasteiger partial charge is 0.677 e. The molecule has 0 spiro atoms. The van der Waals surface area contributed by atoms with Crippen LogP contribution in [0.2, 0.25) is 5.02 Å². The summed E-state index contributed by atoms with van der Waals surface area (Å²) in [7, 11) is 0. The van der Waals surface area contributed by atoms with E-state index in [0.29, 0.717) is 37.0 Å². The molecule has 3 heterocycles. The highest BCUT2D eigenvalue weighted by molar-refractivity contribution is 8.04. The van der Waals surface area contributed by atoms with Crippen molar-refractivity contribution in [2.45, 2.75) is 18.2 Å². The molecule has 1 N–H and O–H groups in total. The predicted octanol–water partition coefficient (Wildman–Crippen LogP) is 3.79. The number of nitrogens with zero attached hydrogens (tertiary/aromatic N) is 4. The smallest absolute Gasteiger partial charge is 0.267 e. The molecule has 0 atom stereocenters. The number of nitrogens with one attached hydrogen (secondary N) is 1. The Morgan fingerprint density at radius 1 is 1.21 bits per heavy atom. The van der Waals surface area contributed by atoms with Gasteiger partial charge in [-0.1, -0.05) is 11.6 Å². The number of aromatic nitrogens is 3. The van der Waals surface area contributed by atoms with Crippen LogP contribution in [-0.2, 0) is 24.3 Å². The second-order valence-electron chi connectivity index (χ2n) is 7.79. The van der Waals surface area contributed by atoms with Crippen molar-refractivity contribution >= 4 is 39.2 Å². The van der Waals surface area contributed by atoms with Crippen molar-refractivity contribution in [3.8, 4) is 11.4 Å². The molecule has 0 bridgehead atoms. The Bertz CT molecular complexity index is 1330. The van der Waals surface area contributed by atoms with E-state index in [-0.39, 0.29) is 11.0 Å². The van der Waals surface area contributed by atoms with Crippen LogP contribution in [0.5, 0.6) is 5.75 Å². The average Bonchev–Trinajstić information content (AvgIpc) is 3.12. The zero-order valence-corrected chi connectivity index (χ0v) is 19.2. The normalized spacial score (nSPS) is 14.5.